The molecule has 1 fully saturated rings. The Morgan fingerprint density at radius 2 is 1.87 bits per heavy atom. The summed E-state index contributed by atoms with van der Waals surface area (Å²) < 4.78 is 6.53. The number of ether oxygens (including phenoxy) is 1. The van der Waals surface area contributed by atoms with E-state index in [1.807, 2.05) is 18.2 Å². The van der Waals surface area contributed by atoms with Crippen molar-refractivity contribution in [3.05, 3.63) is 57.5 Å². The second-order valence-corrected chi connectivity index (χ2v) is 8.03. The van der Waals surface area contributed by atoms with Gasteiger partial charge in [-0.2, -0.15) is 0 Å². The van der Waals surface area contributed by atoms with Crippen LogP contribution in [0.4, 0.5) is 5.69 Å². The summed E-state index contributed by atoms with van der Waals surface area (Å²) in [6.45, 7) is 5.58. The first-order chi connectivity index (χ1) is 10.9. The molecule has 0 aliphatic heterocycles. The van der Waals surface area contributed by atoms with Crippen molar-refractivity contribution in [2.45, 2.75) is 19.8 Å². The van der Waals surface area contributed by atoms with Gasteiger partial charge in [0.1, 0.15) is 5.75 Å². The van der Waals surface area contributed by atoms with Crippen LogP contribution in [-0.4, -0.2) is 13.7 Å². The zero-order chi connectivity index (χ0) is 16.6. The summed E-state index contributed by atoms with van der Waals surface area (Å²) in [4.78, 5) is 0. The quantitative estimate of drug-likeness (QED) is 0.675. The molecule has 1 saturated carbocycles. The molecule has 0 heterocycles. The van der Waals surface area contributed by atoms with E-state index in [0.717, 1.165) is 22.5 Å². The van der Waals surface area contributed by atoms with Crippen LogP contribution in [0.25, 0.3) is 0 Å². The number of benzene rings is 2. The average molecular weight is 395 g/mol. The fourth-order valence-electron chi connectivity index (χ4n) is 3.50. The molecule has 1 aliphatic rings. The molecular formula is C19H21BrClNO. The Kier molecular flexibility index (Phi) is 4.61. The molecule has 0 bridgehead atoms. The highest BCUT2D eigenvalue weighted by Gasteiger charge is 2.57. The maximum Gasteiger partial charge on any atom is 0.142 e. The van der Waals surface area contributed by atoms with E-state index in [2.05, 4.69) is 59.4 Å². The molecule has 122 valence electrons. The minimum atomic E-state index is 0.298. The van der Waals surface area contributed by atoms with Crippen LogP contribution in [0, 0.1) is 11.3 Å². The number of rotatable bonds is 5. The van der Waals surface area contributed by atoms with E-state index in [1.54, 1.807) is 7.11 Å². The maximum absolute atomic E-state index is 6.10. The highest BCUT2D eigenvalue weighted by molar-refractivity contribution is 9.10. The summed E-state index contributed by atoms with van der Waals surface area (Å²) in [6.07, 6.45) is 0. The van der Waals surface area contributed by atoms with Gasteiger partial charge < -0.3 is 10.1 Å². The van der Waals surface area contributed by atoms with Crippen molar-refractivity contribution in [2.24, 2.45) is 11.3 Å². The van der Waals surface area contributed by atoms with Crippen LogP contribution in [0.1, 0.15) is 25.3 Å². The molecule has 0 amide bonds. The predicted molar refractivity (Wildman–Crippen MR) is 101 cm³/mol. The maximum atomic E-state index is 6.10. The summed E-state index contributed by atoms with van der Waals surface area (Å²) >= 11 is 9.60. The van der Waals surface area contributed by atoms with Gasteiger partial charge in [0.25, 0.3) is 0 Å². The zero-order valence-electron chi connectivity index (χ0n) is 13.6. The van der Waals surface area contributed by atoms with Crippen molar-refractivity contribution in [3.8, 4) is 5.75 Å². The van der Waals surface area contributed by atoms with Gasteiger partial charge in [-0.15, -0.1) is 0 Å². The van der Waals surface area contributed by atoms with Crippen molar-refractivity contribution in [1.82, 2.24) is 0 Å². The average Bonchev–Trinajstić information content (AvgIpc) is 3.07. The van der Waals surface area contributed by atoms with E-state index in [1.165, 1.54) is 5.56 Å². The van der Waals surface area contributed by atoms with Crippen LogP contribution in [0.15, 0.2) is 46.9 Å². The smallest absolute Gasteiger partial charge is 0.142 e. The van der Waals surface area contributed by atoms with Crippen molar-refractivity contribution in [2.75, 3.05) is 19.0 Å². The van der Waals surface area contributed by atoms with Gasteiger partial charge in [-0.3, -0.25) is 0 Å². The van der Waals surface area contributed by atoms with E-state index in [9.17, 15) is 0 Å². The number of anilines is 1. The molecule has 2 atom stereocenters. The first-order valence-electron chi connectivity index (χ1n) is 7.76. The van der Waals surface area contributed by atoms with Crippen molar-refractivity contribution in [1.29, 1.82) is 0 Å². The Morgan fingerprint density at radius 3 is 2.52 bits per heavy atom. The molecule has 0 spiro atoms. The summed E-state index contributed by atoms with van der Waals surface area (Å²) in [5, 5.41) is 4.23. The number of nitrogens with one attached hydrogen (secondary N) is 1. The van der Waals surface area contributed by atoms with Gasteiger partial charge >= 0.3 is 0 Å². The van der Waals surface area contributed by atoms with E-state index in [4.69, 9.17) is 16.3 Å². The largest absolute Gasteiger partial charge is 0.495 e. The molecule has 4 heteroatoms. The van der Waals surface area contributed by atoms with Gasteiger partial charge in [0.2, 0.25) is 0 Å². The first-order valence-corrected chi connectivity index (χ1v) is 8.93. The lowest BCUT2D eigenvalue weighted by atomic mass is 10.0. The summed E-state index contributed by atoms with van der Waals surface area (Å²) in [5.74, 6) is 1.99. The van der Waals surface area contributed by atoms with E-state index < -0.39 is 0 Å². The van der Waals surface area contributed by atoms with Gasteiger partial charge in [0, 0.05) is 16.0 Å². The lowest BCUT2D eigenvalue weighted by Crippen LogP contribution is -2.08. The summed E-state index contributed by atoms with van der Waals surface area (Å²) in [6, 6.07) is 14.3. The van der Waals surface area contributed by atoms with Crippen LogP contribution in [0.5, 0.6) is 5.75 Å². The van der Waals surface area contributed by atoms with Gasteiger partial charge in [-0.25, -0.2) is 0 Å². The third-order valence-corrected chi connectivity index (χ3v) is 5.72. The van der Waals surface area contributed by atoms with E-state index in [-0.39, 0.29) is 0 Å². The number of hydrogen-bond donors (Lipinski definition) is 1. The standard InChI is InChI=1S/C19H21BrClNO/c1-19(2)15(18(19)12-4-6-13(20)7-5-12)11-22-16-10-14(21)8-9-17(16)23-3/h4-10,15,18,22H,11H2,1-3H3. The van der Waals surface area contributed by atoms with Crippen LogP contribution in [0.3, 0.4) is 0 Å². The third-order valence-electron chi connectivity index (χ3n) is 4.95. The lowest BCUT2D eigenvalue weighted by Gasteiger charge is -2.12. The summed E-state index contributed by atoms with van der Waals surface area (Å²) in [5.41, 5.74) is 2.66. The molecule has 0 radical (unpaired) electrons. The molecule has 1 aliphatic carbocycles. The minimum absolute atomic E-state index is 0.298. The van der Waals surface area contributed by atoms with Crippen LogP contribution in [-0.2, 0) is 0 Å². The molecule has 2 unspecified atom stereocenters. The molecule has 0 saturated heterocycles. The molecule has 2 aromatic carbocycles. The second kappa shape index (κ2) is 6.37. The molecule has 0 aromatic heterocycles. The molecular weight excluding hydrogens is 374 g/mol. The zero-order valence-corrected chi connectivity index (χ0v) is 15.9. The van der Waals surface area contributed by atoms with Gasteiger partial charge in [-0.05, 0) is 53.1 Å². The van der Waals surface area contributed by atoms with Crippen LogP contribution < -0.4 is 10.1 Å². The predicted octanol–water partition coefficient (Wildman–Crippen LogP) is 5.96. The Morgan fingerprint density at radius 1 is 1.17 bits per heavy atom. The van der Waals surface area contributed by atoms with Crippen LogP contribution in [0.2, 0.25) is 5.02 Å². The topological polar surface area (TPSA) is 21.3 Å². The molecule has 2 aromatic rings. The Bertz CT molecular complexity index is 699. The van der Waals surface area contributed by atoms with Crippen molar-refractivity contribution >= 4 is 33.2 Å². The Labute approximate surface area is 151 Å². The first kappa shape index (κ1) is 16.7. The van der Waals surface area contributed by atoms with Crippen LogP contribution >= 0.6 is 27.5 Å². The number of halogens is 2. The Balaban J connectivity index is 1.71. The third kappa shape index (κ3) is 3.36. The SMILES string of the molecule is COc1ccc(Cl)cc1NCC1C(c2ccc(Br)cc2)C1(C)C. The molecule has 1 N–H and O–H groups in total. The highest BCUT2D eigenvalue weighted by Crippen LogP contribution is 2.64. The highest BCUT2D eigenvalue weighted by atomic mass is 79.9. The fraction of sp³-hybridized carbons (Fsp3) is 0.368. The minimum Gasteiger partial charge on any atom is -0.495 e. The number of hydrogen-bond acceptors (Lipinski definition) is 2. The number of methoxy groups -OCH3 is 1. The van der Waals surface area contributed by atoms with E-state index >= 15 is 0 Å². The van der Waals surface area contributed by atoms with Gasteiger partial charge in [0.05, 0.1) is 12.8 Å². The Hall–Kier alpha value is -1.19. The lowest BCUT2D eigenvalue weighted by molar-refractivity contribution is 0.416. The second-order valence-electron chi connectivity index (χ2n) is 6.68. The summed E-state index contributed by atoms with van der Waals surface area (Å²) in [7, 11) is 1.68. The molecule has 3 rings (SSSR count). The fourth-order valence-corrected chi connectivity index (χ4v) is 3.93. The van der Waals surface area contributed by atoms with E-state index in [0.29, 0.717) is 22.3 Å². The molecule has 2 nitrogen and oxygen atoms in total. The van der Waals surface area contributed by atoms with Crippen molar-refractivity contribution in [3.63, 3.8) is 0 Å². The normalized spacial score (nSPS) is 21.8. The van der Waals surface area contributed by atoms with Crippen molar-refractivity contribution < 1.29 is 4.74 Å². The monoisotopic (exact) mass is 393 g/mol. The molecule has 23 heavy (non-hydrogen) atoms. The van der Waals surface area contributed by atoms with Gasteiger partial charge in [-0.1, -0.05) is 53.5 Å². The van der Waals surface area contributed by atoms with Gasteiger partial charge in [0.15, 0.2) is 0 Å².